The Balaban J connectivity index is 4.14. The van der Waals surface area contributed by atoms with Crippen molar-refractivity contribution in [2.45, 2.75) is 399 Å². The van der Waals surface area contributed by atoms with Crippen molar-refractivity contribution < 1.29 is 28.6 Å². The zero-order valence-electron chi connectivity index (χ0n) is 55.7. The molecule has 6 nitrogen and oxygen atoms in total. The summed E-state index contributed by atoms with van der Waals surface area (Å²) in [4.78, 5) is 38.4. The molecule has 0 heterocycles. The summed E-state index contributed by atoms with van der Waals surface area (Å²) < 4.78 is 17.0. The number of ether oxygens (including phenoxy) is 3. The molecular formula is C77H140O6. The molecule has 0 aliphatic rings. The van der Waals surface area contributed by atoms with Gasteiger partial charge < -0.3 is 14.2 Å². The normalized spacial score (nSPS) is 12.4. The van der Waals surface area contributed by atoms with Gasteiger partial charge in [0.15, 0.2) is 6.10 Å². The Labute approximate surface area is 517 Å². The minimum absolute atomic E-state index is 0.0807. The van der Waals surface area contributed by atoms with Gasteiger partial charge in [-0.05, 0) is 103 Å². The van der Waals surface area contributed by atoms with E-state index in [9.17, 15) is 14.4 Å². The van der Waals surface area contributed by atoms with Crippen LogP contribution in [0.15, 0.2) is 60.8 Å². The number of hydrogen-bond donors (Lipinski definition) is 0. The van der Waals surface area contributed by atoms with Gasteiger partial charge >= 0.3 is 17.9 Å². The van der Waals surface area contributed by atoms with Crippen LogP contribution >= 0.6 is 0 Å². The first-order chi connectivity index (χ1) is 41.0. The van der Waals surface area contributed by atoms with Crippen molar-refractivity contribution in [3.63, 3.8) is 0 Å². The summed E-state index contributed by atoms with van der Waals surface area (Å²) in [5, 5.41) is 0. The van der Waals surface area contributed by atoms with E-state index in [2.05, 4.69) is 81.5 Å². The van der Waals surface area contributed by atoms with Crippen LogP contribution in [0, 0.1) is 0 Å². The number of carbonyl (C=O) groups is 3. The third-order valence-corrected chi connectivity index (χ3v) is 16.5. The Morgan fingerprint density at radius 1 is 0.253 bits per heavy atom. The van der Waals surface area contributed by atoms with E-state index in [0.717, 1.165) is 83.5 Å². The average molecular weight is 1160 g/mol. The number of rotatable bonds is 68. The van der Waals surface area contributed by atoms with Gasteiger partial charge in [-0.3, -0.25) is 14.4 Å². The van der Waals surface area contributed by atoms with E-state index in [1.165, 1.54) is 270 Å². The van der Waals surface area contributed by atoms with Crippen LogP contribution in [0.4, 0.5) is 0 Å². The number of carbonyl (C=O) groups excluding carboxylic acids is 3. The Bertz CT molecular complexity index is 1470. The second-order valence-electron chi connectivity index (χ2n) is 24.8. The van der Waals surface area contributed by atoms with Crippen LogP contribution in [0.3, 0.4) is 0 Å². The Morgan fingerprint density at radius 2 is 0.470 bits per heavy atom. The Kier molecular flexibility index (Phi) is 69.1. The molecule has 0 aliphatic heterocycles. The summed E-state index contributed by atoms with van der Waals surface area (Å²) in [6.45, 7) is 6.55. The van der Waals surface area contributed by atoms with E-state index in [-0.39, 0.29) is 31.1 Å². The van der Waals surface area contributed by atoms with Crippen molar-refractivity contribution >= 4 is 17.9 Å². The minimum Gasteiger partial charge on any atom is -0.462 e. The maximum atomic E-state index is 12.9. The first kappa shape index (κ1) is 80.1. The molecule has 83 heavy (non-hydrogen) atoms. The molecule has 0 aromatic rings. The van der Waals surface area contributed by atoms with E-state index in [1.807, 2.05) is 0 Å². The molecule has 0 spiro atoms. The highest BCUT2D eigenvalue weighted by Gasteiger charge is 2.19. The van der Waals surface area contributed by atoms with Gasteiger partial charge in [-0.2, -0.15) is 0 Å². The van der Waals surface area contributed by atoms with Crippen LogP contribution in [-0.4, -0.2) is 37.2 Å². The topological polar surface area (TPSA) is 78.9 Å². The highest BCUT2D eigenvalue weighted by atomic mass is 16.6. The molecule has 6 heteroatoms. The zero-order valence-corrected chi connectivity index (χ0v) is 55.7. The summed E-state index contributed by atoms with van der Waals surface area (Å²) >= 11 is 0. The first-order valence-corrected chi connectivity index (χ1v) is 36.8. The van der Waals surface area contributed by atoms with E-state index < -0.39 is 6.10 Å². The molecule has 0 bridgehead atoms. The van der Waals surface area contributed by atoms with Crippen LogP contribution in [0.2, 0.25) is 0 Å². The fraction of sp³-hybridized carbons (Fsp3) is 0.831. The first-order valence-electron chi connectivity index (χ1n) is 36.8. The lowest BCUT2D eigenvalue weighted by atomic mass is 10.0. The molecule has 0 rings (SSSR count). The van der Waals surface area contributed by atoms with E-state index in [4.69, 9.17) is 14.2 Å². The number of allylic oxidation sites excluding steroid dienone is 10. The predicted molar refractivity (Wildman–Crippen MR) is 362 cm³/mol. The standard InChI is InChI=1S/C77H140O6/c1-4-7-10-13-16-19-22-25-27-29-31-32-33-34-35-36-37-38-39-40-41-42-43-44-46-47-49-52-55-58-61-64-67-70-76(79)82-73-74(72-81-75(78)69-66-63-60-57-54-51-24-21-18-15-12-9-6-3)83-77(80)71-68-65-62-59-56-53-50-48-45-30-28-26-23-20-17-14-11-8-5-2/h9,12,18,21,26,28-29,31,51,54,74H,4-8,10-11,13-17,19-20,22-25,27,30,32-50,52-53,55-73H2,1-3H3/b12-9-,21-18-,28-26-,31-29-,54-51-. The highest BCUT2D eigenvalue weighted by molar-refractivity contribution is 5.71. The van der Waals surface area contributed by atoms with Crippen molar-refractivity contribution in [3.05, 3.63) is 60.8 Å². The van der Waals surface area contributed by atoms with Gasteiger partial charge in [0.25, 0.3) is 0 Å². The quantitative estimate of drug-likeness (QED) is 0.0261. The molecule has 484 valence electrons. The van der Waals surface area contributed by atoms with Crippen molar-refractivity contribution in [3.8, 4) is 0 Å². The fourth-order valence-corrected chi connectivity index (χ4v) is 11.0. The van der Waals surface area contributed by atoms with Gasteiger partial charge in [-0.25, -0.2) is 0 Å². The third kappa shape index (κ3) is 69.8. The van der Waals surface area contributed by atoms with E-state index in [1.54, 1.807) is 0 Å². The third-order valence-electron chi connectivity index (χ3n) is 16.5. The minimum atomic E-state index is -0.787. The second-order valence-corrected chi connectivity index (χ2v) is 24.8. The van der Waals surface area contributed by atoms with Crippen molar-refractivity contribution in [2.24, 2.45) is 0 Å². The van der Waals surface area contributed by atoms with Crippen LogP contribution < -0.4 is 0 Å². The maximum Gasteiger partial charge on any atom is 0.306 e. The smallest absolute Gasteiger partial charge is 0.306 e. The van der Waals surface area contributed by atoms with Crippen LogP contribution in [0.5, 0.6) is 0 Å². The van der Waals surface area contributed by atoms with E-state index >= 15 is 0 Å². The van der Waals surface area contributed by atoms with Gasteiger partial charge in [0, 0.05) is 19.3 Å². The maximum absolute atomic E-state index is 12.9. The summed E-state index contributed by atoms with van der Waals surface area (Å²) in [6.07, 6.45) is 92.8. The number of hydrogen-bond acceptors (Lipinski definition) is 6. The lowest BCUT2D eigenvalue weighted by Gasteiger charge is -2.18. The van der Waals surface area contributed by atoms with Gasteiger partial charge in [-0.1, -0.05) is 332 Å². The molecule has 1 atom stereocenters. The molecule has 1 unspecified atom stereocenters. The van der Waals surface area contributed by atoms with Crippen molar-refractivity contribution in [1.29, 1.82) is 0 Å². The van der Waals surface area contributed by atoms with Gasteiger partial charge in [0.2, 0.25) is 0 Å². The van der Waals surface area contributed by atoms with Crippen LogP contribution in [0.1, 0.15) is 393 Å². The molecule has 0 aromatic heterocycles. The molecule has 0 aliphatic carbocycles. The molecule has 0 amide bonds. The number of unbranched alkanes of at least 4 members (excludes halogenated alkanes) is 47. The fourth-order valence-electron chi connectivity index (χ4n) is 11.0. The van der Waals surface area contributed by atoms with Crippen molar-refractivity contribution in [1.82, 2.24) is 0 Å². The molecule has 0 radical (unpaired) electrons. The molecule has 0 saturated heterocycles. The number of esters is 3. The SMILES string of the molecule is CC/C=C\C/C=C\C/C=C\CCCCCC(=O)OCC(COC(=O)CCCCCCCCCCCCCCCCCCCCCCC/C=C\CCCCCCCCCC)OC(=O)CCCCCCCCCCC/C=C\CCCCCCCC. The molecular weight excluding hydrogens is 1020 g/mol. The van der Waals surface area contributed by atoms with Gasteiger partial charge in [-0.15, -0.1) is 0 Å². The monoisotopic (exact) mass is 1160 g/mol. The Hall–Kier alpha value is -2.89. The largest absolute Gasteiger partial charge is 0.462 e. The lowest BCUT2D eigenvalue weighted by molar-refractivity contribution is -0.167. The average Bonchev–Trinajstić information content (AvgIpc) is 3.49. The van der Waals surface area contributed by atoms with Crippen LogP contribution in [0.25, 0.3) is 0 Å². The summed E-state index contributed by atoms with van der Waals surface area (Å²) in [5.74, 6) is -0.891. The Morgan fingerprint density at radius 3 is 0.759 bits per heavy atom. The zero-order chi connectivity index (χ0) is 59.9. The molecule has 0 fully saturated rings. The molecule has 0 aromatic carbocycles. The summed E-state index contributed by atoms with van der Waals surface area (Å²) in [6, 6.07) is 0. The van der Waals surface area contributed by atoms with E-state index in [0.29, 0.717) is 19.3 Å². The van der Waals surface area contributed by atoms with Crippen LogP contribution in [-0.2, 0) is 28.6 Å². The second kappa shape index (κ2) is 71.6. The van der Waals surface area contributed by atoms with Gasteiger partial charge in [0.05, 0.1) is 0 Å². The van der Waals surface area contributed by atoms with Crippen molar-refractivity contribution in [2.75, 3.05) is 13.2 Å². The lowest BCUT2D eigenvalue weighted by Crippen LogP contribution is -2.30. The molecule has 0 N–H and O–H groups in total. The van der Waals surface area contributed by atoms with Gasteiger partial charge in [0.1, 0.15) is 13.2 Å². The predicted octanol–water partition coefficient (Wildman–Crippen LogP) is 25.5. The summed E-state index contributed by atoms with van der Waals surface area (Å²) in [7, 11) is 0. The highest BCUT2D eigenvalue weighted by Crippen LogP contribution is 2.18. The molecule has 0 saturated carbocycles. The summed E-state index contributed by atoms with van der Waals surface area (Å²) in [5.41, 5.74) is 0.